The van der Waals surface area contributed by atoms with Crippen LogP contribution in [0.15, 0.2) is 18.2 Å². The highest BCUT2D eigenvalue weighted by molar-refractivity contribution is 14.1. The zero-order chi connectivity index (χ0) is 10.6. The van der Waals surface area contributed by atoms with Crippen molar-refractivity contribution >= 4 is 34.2 Å². The molecule has 0 aromatic heterocycles. The van der Waals surface area contributed by atoms with Gasteiger partial charge in [0.05, 0.1) is 7.11 Å². The molecule has 0 unspecified atom stereocenters. The molecule has 0 amide bonds. The van der Waals surface area contributed by atoms with Gasteiger partial charge in [0.2, 0.25) is 0 Å². The van der Waals surface area contributed by atoms with E-state index in [-0.39, 0.29) is 5.97 Å². The lowest BCUT2D eigenvalue weighted by atomic mass is 10.1. The summed E-state index contributed by atoms with van der Waals surface area (Å²) in [7, 11) is 1.39. The zero-order valence-electron chi connectivity index (χ0n) is 7.92. The Balaban J connectivity index is 2.71. The third kappa shape index (κ3) is 2.87. The van der Waals surface area contributed by atoms with Crippen molar-refractivity contribution in [1.29, 1.82) is 0 Å². The van der Waals surface area contributed by atoms with Gasteiger partial charge in [-0.05, 0) is 46.7 Å². The minimum Gasteiger partial charge on any atom is -0.469 e. The highest BCUT2D eigenvalue weighted by Crippen LogP contribution is 2.20. The SMILES string of the molecule is COC(=O)CCc1c(N)cccc1I. The summed E-state index contributed by atoms with van der Waals surface area (Å²) < 4.78 is 5.66. The number of hydrogen-bond acceptors (Lipinski definition) is 3. The van der Waals surface area contributed by atoms with Crippen molar-refractivity contribution in [3.63, 3.8) is 0 Å². The Morgan fingerprint density at radius 1 is 1.57 bits per heavy atom. The molecule has 1 aromatic carbocycles. The van der Waals surface area contributed by atoms with E-state index < -0.39 is 0 Å². The molecule has 0 atom stereocenters. The molecule has 1 aromatic rings. The molecule has 76 valence electrons. The fourth-order valence-corrected chi connectivity index (χ4v) is 1.96. The van der Waals surface area contributed by atoms with E-state index in [1.165, 1.54) is 7.11 Å². The van der Waals surface area contributed by atoms with Crippen molar-refractivity contribution in [2.24, 2.45) is 0 Å². The van der Waals surface area contributed by atoms with Crippen LogP contribution in [0.4, 0.5) is 5.69 Å². The van der Waals surface area contributed by atoms with Crippen LogP contribution in [-0.2, 0) is 16.0 Å². The van der Waals surface area contributed by atoms with E-state index in [1.54, 1.807) is 0 Å². The van der Waals surface area contributed by atoms with Gasteiger partial charge >= 0.3 is 5.97 Å². The number of ether oxygens (including phenoxy) is 1. The largest absolute Gasteiger partial charge is 0.469 e. The van der Waals surface area contributed by atoms with Crippen molar-refractivity contribution in [3.05, 3.63) is 27.3 Å². The molecule has 0 spiro atoms. The molecule has 14 heavy (non-hydrogen) atoms. The van der Waals surface area contributed by atoms with Crippen LogP contribution in [0, 0.1) is 3.57 Å². The van der Waals surface area contributed by atoms with E-state index in [0.717, 1.165) is 14.8 Å². The number of methoxy groups -OCH3 is 1. The van der Waals surface area contributed by atoms with Gasteiger partial charge in [0.15, 0.2) is 0 Å². The van der Waals surface area contributed by atoms with Crippen LogP contribution in [0.25, 0.3) is 0 Å². The topological polar surface area (TPSA) is 52.3 Å². The van der Waals surface area contributed by atoms with Crippen molar-refractivity contribution in [2.75, 3.05) is 12.8 Å². The van der Waals surface area contributed by atoms with Crippen LogP contribution in [0.1, 0.15) is 12.0 Å². The number of rotatable bonds is 3. The monoisotopic (exact) mass is 305 g/mol. The molecule has 1 rings (SSSR count). The van der Waals surface area contributed by atoms with E-state index in [0.29, 0.717) is 12.8 Å². The van der Waals surface area contributed by atoms with Gasteiger partial charge in [0.1, 0.15) is 0 Å². The number of halogens is 1. The first-order valence-corrected chi connectivity index (χ1v) is 5.32. The lowest BCUT2D eigenvalue weighted by Crippen LogP contribution is -2.04. The van der Waals surface area contributed by atoms with Gasteiger partial charge in [-0.15, -0.1) is 0 Å². The van der Waals surface area contributed by atoms with Crippen molar-refractivity contribution < 1.29 is 9.53 Å². The third-order valence-corrected chi connectivity index (χ3v) is 2.97. The van der Waals surface area contributed by atoms with E-state index >= 15 is 0 Å². The first kappa shape index (κ1) is 11.3. The summed E-state index contributed by atoms with van der Waals surface area (Å²) in [4.78, 5) is 10.9. The smallest absolute Gasteiger partial charge is 0.305 e. The van der Waals surface area contributed by atoms with Crippen molar-refractivity contribution in [1.82, 2.24) is 0 Å². The van der Waals surface area contributed by atoms with Crippen LogP contribution in [-0.4, -0.2) is 13.1 Å². The Bertz CT molecular complexity index is 319. The van der Waals surface area contributed by atoms with E-state index in [4.69, 9.17) is 5.73 Å². The minimum atomic E-state index is -0.205. The van der Waals surface area contributed by atoms with Gasteiger partial charge in [0, 0.05) is 15.7 Å². The molecule has 2 N–H and O–H groups in total. The zero-order valence-corrected chi connectivity index (χ0v) is 10.1. The lowest BCUT2D eigenvalue weighted by Gasteiger charge is -2.06. The predicted molar refractivity (Wildman–Crippen MR) is 63.9 cm³/mol. The standard InChI is InChI=1S/C10H12INO2/c1-14-10(13)6-5-7-8(11)3-2-4-9(7)12/h2-4H,5-6,12H2,1H3. The van der Waals surface area contributed by atoms with Gasteiger partial charge in [0.25, 0.3) is 0 Å². The fraction of sp³-hybridized carbons (Fsp3) is 0.300. The summed E-state index contributed by atoms with van der Waals surface area (Å²) in [6, 6.07) is 5.72. The summed E-state index contributed by atoms with van der Waals surface area (Å²) >= 11 is 2.21. The second kappa shape index (κ2) is 5.19. The van der Waals surface area contributed by atoms with E-state index in [2.05, 4.69) is 27.3 Å². The Kier molecular flexibility index (Phi) is 4.19. The molecular weight excluding hydrogens is 293 g/mol. The Morgan fingerprint density at radius 2 is 2.29 bits per heavy atom. The minimum absolute atomic E-state index is 0.205. The van der Waals surface area contributed by atoms with Crippen LogP contribution >= 0.6 is 22.6 Å². The van der Waals surface area contributed by atoms with Crippen LogP contribution in [0.5, 0.6) is 0 Å². The van der Waals surface area contributed by atoms with E-state index in [1.807, 2.05) is 18.2 Å². The normalized spacial score (nSPS) is 9.86. The molecule has 3 nitrogen and oxygen atoms in total. The second-order valence-corrected chi connectivity index (χ2v) is 4.05. The average molecular weight is 305 g/mol. The Labute approximate surface area is 96.8 Å². The van der Waals surface area contributed by atoms with Crippen LogP contribution < -0.4 is 5.73 Å². The number of anilines is 1. The molecule has 0 aliphatic heterocycles. The first-order valence-electron chi connectivity index (χ1n) is 4.25. The molecule has 4 heteroatoms. The van der Waals surface area contributed by atoms with Crippen LogP contribution in [0.3, 0.4) is 0 Å². The molecule has 0 aliphatic carbocycles. The summed E-state index contributed by atoms with van der Waals surface area (Å²) in [6.07, 6.45) is 1.01. The van der Waals surface area contributed by atoms with Gasteiger partial charge in [-0.2, -0.15) is 0 Å². The Hall–Kier alpha value is -0.780. The highest BCUT2D eigenvalue weighted by Gasteiger charge is 2.07. The quantitative estimate of drug-likeness (QED) is 0.528. The second-order valence-electron chi connectivity index (χ2n) is 2.88. The van der Waals surface area contributed by atoms with Crippen molar-refractivity contribution in [2.45, 2.75) is 12.8 Å². The van der Waals surface area contributed by atoms with Crippen molar-refractivity contribution in [3.8, 4) is 0 Å². The van der Waals surface area contributed by atoms with Gasteiger partial charge in [-0.1, -0.05) is 6.07 Å². The number of esters is 1. The van der Waals surface area contributed by atoms with Gasteiger partial charge in [-0.25, -0.2) is 0 Å². The lowest BCUT2D eigenvalue weighted by molar-refractivity contribution is -0.140. The molecule has 0 saturated heterocycles. The van der Waals surface area contributed by atoms with E-state index in [9.17, 15) is 4.79 Å². The van der Waals surface area contributed by atoms with Gasteiger partial charge < -0.3 is 10.5 Å². The number of hydrogen-bond donors (Lipinski definition) is 1. The average Bonchev–Trinajstić information content (AvgIpc) is 2.16. The maximum absolute atomic E-state index is 10.9. The molecule has 0 saturated carbocycles. The maximum Gasteiger partial charge on any atom is 0.305 e. The number of benzene rings is 1. The van der Waals surface area contributed by atoms with Crippen LogP contribution in [0.2, 0.25) is 0 Å². The third-order valence-electron chi connectivity index (χ3n) is 1.96. The number of nitrogens with two attached hydrogens (primary N) is 1. The fourth-order valence-electron chi connectivity index (χ4n) is 1.17. The Morgan fingerprint density at radius 3 is 2.86 bits per heavy atom. The predicted octanol–water partition coefficient (Wildman–Crippen LogP) is 1.98. The summed E-state index contributed by atoms with van der Waals surface area (Å²) in [5, 5.41) is 0. The molecule has 0 radical (unpaired) electrons. The molecule has 0 bridgehead atoms. The molecular formula is C10H12INO2. The number of nitrogen functional groups attached to an aromatic ring is 1. The summed E-state index contributed by atoms with van der Waals surface area (Å²) in [5.74, 6) is -0.205. The molecule has 0 fully saturated rings. The molecule has 0 aliphatic rings. The molecule has 0 heterocycles. The summed E-state index contributed by atoms with van der Waals surface area (Å²) in [6.45, 7) is 0. The number of carbonyl (C=O) groups excluding carboxylic acids is 1. The maximum atomic E-state index is 10.9. The first-order chi connectivity index (χ1) is 6.65. The number of carbonyl (C=O) groups is 1. The summed E-state index contributed by atoms with van der Waals surface area (Å²) in [5.41, 5.74) is 7.56. The van der Waals surface area contributed by atoms with Gasteiger partial charge in [-0.3, -0.25) is 4.79 Å². The highest BCUT2D eigenvalue weighted by atomic mass is 127.